The molecule has 2 aromatic carbocycles. The van der Waals surface area contributed by atoms with Gasteiger partial charge in [0.15, 0.2) is 5.75 Å². The molecule has 0 radical (unpaired) electrons. The zero-order valence-corrected chi connectivity index (χ0v) is 15.8. The summed E-state index contributed by atoms with van der Waals surface area (Å²) < 4.78 is 7.65. The minimum Gasteiger partial charge on any atom is -0.491 e. The zero-order valence-electron chi connectivity index (χ0n) is 11.8. The van der Waals surface area contributed by atoms with Gasteiger partial charge >= 0.3 is 0 Å². The number of ether oxygens (including phenoxy) is 1. The number of aryl methyl sites for hydroxylation is 1. The van der Waals surface area contributed by atoms with Crippen molar-refractivity contribution in [1.82, 2.24) is 0 Å². The predicted octanol–water partition coefficient (Wildman–Crippen LogP) is 6.18. The molecule has 0 saturated carbocycles. The van der Waals surface area contributed by atoms with Gasteiger partial charge in [0.2, 0.25) is 0 Å². The van der Waals surface area contributed by atoms with Crippen molar-refractivity contribution < 1.29 is 4.74 Å². The smallest absolute Gasteiger partial charge is 0.156 e. The summed E-state index contributed by atoms with van der Waals surface area (Å²) in [6.07, 6.45) is 0. The topological polar surface area (TPSA) is 21.3 Å². The average molecular weight is 434 g/mol. The largest absolute Gasteiger partial charge is 0.491 e. The van der Waals surface area contributed by atoms with Crippen molar-refractivity contribution in [3.63, 3.8) is 0 Å². The van der Waals surface area contributed by atoms with E-state index >= 15 is 0 Å². The molecule has 0 saturated heterocycles. The molecule has 0 aliphatic carbocycles. The summed E-state index contributed by atoms with van der Waals surface area (Å²) in [7, 11) is 0. The van der Waals surface area contributed by atoms with E-state index in [2.05, 4.69) is 62.3 Å². The van der Waals surface area contributed by atoms with Crippen LogP contribution in [0, 0.1) is 6.92 Å². The second-order valence-corrected chi connectivity index (χ2v) is 6.78. The van der Waals surface area contributed by atoms with E-state index in [-0.39, 0.29) is 0 Å². The summed E-state index contributed by atoms with van der Waals surface area (Å²) in [4.78, 5) is 0. The maximum Gasteiger partial charge on any atom is 0.156 e. The van der Waals surface area contributed by atoms with Crippen molar-refractivity contribution in [1.29, 1.82) is 0 Å². The number of halogens is 3. The van der Waals surface area contributed by atoms with Crippen LogP contribution in [0.3, 0.4) is 0 Å². The van der Waals surface area contributed by atoms with E-state index in [9.17, 15) is 0 Å². The van der Waals surface area contributed by atoms with Crippen LogP contribution in [0.5, 0.6) is 5.75 Å². The van der Waals surface area contributed by atoms with Crippen LogP contribution in [0.25, 0.3) is 0 Å². The molecule has 21 heavy (non-hydrogen) atoms. The van der Waals surface area contributed by atoms with Crippen LogP contribution >= 0.6 is 43.5 Å². The van der Waals surface area contributed by atoms with Gasteiger partial charge in [0, 0.05) is 16.0 Å². The molecule has 0 aliphatic rings. The van der Waals surface area contributed by atoms with Crippen molar-refractivity contribution in [3.05, 3.63) is 55.4 Å². The third-order valence-electron chi connectivity index (χ3n) is 3.00. The monoisotopic (exact) mass is 431 g/mol. The van der Waals surface area contributed by atoms with Crippen LogP contribution in [0.4, 0.5) is 5.69 Å². The minimum absolute atomic E-state index is 0.603. The number of rotatable bonds is 5. The number of hydrogen-bond acceptors (Lipinski definition) is 2. The molecule has 0 unspecified atom stereocenters. The van der Waals surface area contributed by atoms with Gasteiger partial charge in [0.1, 0.15) is 0 Å². The van der Waals surface area contributed by atoms with E-state index in [1.165, 1.54) is 11.1 Å². The van der Waals surface area contributed by atoms with Crippen LogP contribution in [0.15, 0.2) is 39.3 Å². The van der Waals surface area contributed by atoms with Crippen molar-refractivity contribution in [3.8, 4) is 5.75 Å². The van der Waals surface area contributed by atoms with Crippen molar-refractivity contribution in [2.45, 2.75) is 20.4 Å². The fourth-order valence-electron chi connectivity index (χ4n) is 2.00. The Bertz CT molecular complexity index is 646. The molecule has 0 aliphatic heterocycles. The van der Waals surface area contributed by atoms with Crippen LogP contribution in [0.1, 0.15) is 18.1 Å². The number of anilines is 1. The van der Waals surface area contributed by atoms with Crippen LogP contribution in [-0.2, 0) is 6.54 Å². The molecular weight excluding hydrogens is 417 g/mol. The predicted molar refractivity (Wildman–Crippen MR) is 96.5 cm³/mol. The molecule has 0 amide bonds. The quantitative estimate of drug-likeness (QED) is 0.608. The van der Waals surface area contributed by atoms with Gasteiger partial charge in [-0.15, -0.1) is 0 Å². The maximum atomic E-state index is 6.12. The number of benzene rings is 2. The van der Waals surface area contributed by atoms with E-state index in [0.29, 0.717) is 18.2 Å². The van der Waals surface area contributed by atoms with E-state index in [4.69, 9.17) is 16.3 Å². The average Bonchev–Trinajstić information content (AvgIpc) is 2.43. The first-order valence-corrected chi connectivity index (χ1v) is 8.58. The van der Waals surface area contributed by atoms with Gasteiger partial charge in [-0.05, 0) is 59.1 Å². The van der Waals surface area contributed by atoms with Gasteiger partial charge in [0.25, 0.3) is 0 Å². The third kappa shape index (κ3) is 4.38. The highest BCUT2D eigenvalue weighted by Gasteiger charge is 2.10. The highest BCUT2D eigenvalue weighted by molar-refractivity contribution is 9.10. The Morgan fingerprint density at radius 3 is 2.57 bits per heavy atom. The second kappa shape index (κ2) is 7.52. The van der Waals surface area contributed by atoms with Crippen LogP contribution in [-0.4, -0.2) is 6.61 Å². The molecule has 1 N–H and O–H groups in total. The highest BCUT2D eigenvalue weighted by Crippen LogP contribution is 2.36. The molecule has 0 bridgehead atoms. The molecule has 0 heterocycles. The Balaban J connectivity index is 2.20. The standard InChI is InChI=1S/C16H16Br2ClNO/c1-3-21-16-14(18)7-12(19)8-15(16)20-9-11-4-5-13(17)10(2)6-11/h4-8,20H,3,9H2,1-2H3. The van der Waals surface area contributed by atoms with Crippen molar-refractivity contribution in [2.75, 3.05) is 11.9 Å². The van der Waals surface area contributed by atoms with E-state index < -0.39 is 0 Å². The zero-order chi connectivity index (χ0) is 15.4. The summed E-state index contributed by atoms with van der Waals surface area (Å²) >= 11 is 13.1. The molecule has 0 spiro atoms. The first kappa shape index (κ1) is 16.7. The Morgan fingerprint density at radius 2 is 1.90 bits per heavy atom. The second-order valence-electron chi connectivity index (χ2n) is 4.63. The first-order valence-electron chi connectivity index (χ1n) is 6.62. The fraction of sp³-hybridized carbons (Fsp3) is 0.250. The Labute approximate surface area is 147 Å². The lowest BCUT2D eigenvalue weighted by Crippen LogP contribution is -2.03. The van der Waals surface area contributed by atoms with Gasteiger partial charge in [0.05, 0.1) is 16.8 Å². The Hall–Kier alpha value is -0.710. The van der Waals surface area contributed by atoms with Crippen molar-refractivity contribution in [2.24, 2.45) is 0 Å². The number of hydrogen-bond donors (Lipinski definition) is 1. The normalized spacial score (nSPS) is 10.5. The van der Waals surface area contributed by atoms with E-state index in [1.807, 2.05) is 19.1 Å². The summed E-state index contributed by atoms with van der Waals surface area (Å²) in [5.74, 6) is 0.788. The molecule has 112 valence electrons. The first-order chi connectivity index (χ1) is 10.0. The molecule has 2 aromatic rings. The number of nitrogens with one attached hydrogen (secondary N) is 1. The van der Waals surface area contributed by atoms with Crippen molar-refractivity contribution >= 4 is 49.1 Å². The summed E-state index contributed by atoms with van der Waals surface area (Å²) in [5, 5.41) is 4.05. The van der Waals surface area contributed by atoms with E-state index in [1.54, 1.807) is 0 Å². The Morgan fingerprint density at radius 1 is 1.14 bits per heavy atom. The van der Waals surface area contributed by atoms with Gasteiger partial charge < -0.3 is 10.1 Å². The lowest BCUT2D eigenvalue weighted by atomic mass is 10.1. The fourth-order valence-corrected chi connectivity index (χ4v) is 3.17. The van der Waals surface area contributed by atoms with Gasteiger partial charge in [-0.25, -0.2) is 0 Å². The SMILES string of the molecule is CCOc1c(Br)cc(Cl)cc1NCc1ccc(Br)c(C)c1. The minimum atomic E-state index is 0.603. The summed E-state index contributed by atoms with van der Waals surface area (Å²) in [5.41, 5.74) is 3.30. The lowest BCUT2D eigenvalue weighted by molar-refractivity contribution is 0.339. The summed E-state index contributed by atoms with van der Waals surface area (Å²) in [6.45, 7) is 5.35. The third-order valence-corrected chi connectivity index (χ3v) is 4.70. The lowest BCUT2D eigenvalue weighted by Gasteiger charge is -2.15. The molecule has 5 heteroatoms. The Kier molecular flexibility index (Phi) is 5.97. The van der Waals surface area contributed by atoms with Crippen LogP contribution < -0.4 is 10.1 Å². The van der Waals surface area contributed by atoms with Gasteiger partial charge in [-0.3, -0.25) is 0 Å². The maximum absolute atomic E-state index is 6.12. The molecule has 2 rings (SSSR count). The molecule has 0 fully saturated rings. The van der Waals surface area contributed by atoms with Gasteiger partial charge in [-0.1, -0.05) is 39.7 Å². The highest BCUT2D eigenvalue weighted by atomic mass is 79.9. The molecule has 0 aromatic heterocycles. The van der Waals surface area contributed by atoms with Crippen LogP contribution in [0.2, 0.25) is 5.02 Å². The van der Waals surface area contributed by atoms with Gasteiger partial charge in [-0.2, -0.15) is 0 Å². The molecular formula is C16H16Br2ClNO. The molecule has 2 nitrogen and oxygen atoms in total. The van der Waals surface area contributed by atoms with E-state index in [0.717, 1.165) is 20.4 Å². The summed E-state index contributed by atoms with van der Waals surface area (Å²) in [6, 6.07) is 10.0. The molecule has 0 atom stereocenters.